The number of carboxylic acids is 1. The minimum absolute atomic E-state index is 0.0321. The molecule has 1 aromatic heterocycles. The number of fused-ring (bicyclic) bond motifs is 1. The number of hydrogen-bond donors (Lipinski definition) is 6. The van der Waals surface area contributed by atoms with Crippen molar-refractivity contribution in [1.82, 2.24) is 15.0 Å². The third-order valence-electron chi connectivity index (χ3n) is 5.63. The zero-order valence-electron chi connectivity index (χ0n) is 23.5. The Kier molecular flexibility index (Phi) is 12.7. The molecular weight excluding hydrogens is 780 g/mol. The molecule has 3 aromatic carbocycles. The summed E-state index contributed by atoms with van der Waals surface area (Å²) in [6.07, 6.45) is 0. The number of halogens is 1. The SMILES string of the molecule is O=C(O)CSc1nc(Cl)nc(Nc2cc(S(=O)(=O)O)cc3cc(SOOO)c(N=Nc4ccc(C(=O)CS(=O)(=S)OOO)cc4)c(O)c23)n1. The second-order valence-corrected chi connectivity index (χ2v) is 15.4. The molecule has 4 rings (SSSR count). The van der Waals surface area contributed by atoms with Gasteiger partial charge in [-0.3, -0.25) is 14.1 Å². The van der Waals surface area contributed by atoms with E-state index in [0.717, 1.165) is 12.1 Å². The number of carboxylic acid groups (broad SMARTS) is 1. The third-order valence-corrected chi connectivity index (χ3v) is 9.49. The number of rotatable bonds is 16. The highest BCUT2D eigenvalue weighted by atomic mass is 35.5. The van der Waals surface area contributed by atoms with Crippen LogP contribution in [0.3, 0.4) is 0 Å². The molecule has 260 valence electrons. The average molecular weight is 797 g/mol. The van der Waals surface area contributed by atoms with Crippen LogP contribution in [0.25, 0.3) is 10.8 Å². The van der Waals surface area contributed by atoms with Crippen LogP contribution in [-0.4, -0.2) is 76.1 Å². The van der Waals surface area contributed by atoms with Gasteiger partial charge in [-0.05, 0) is 59.5 Å². The molecule has 0 saturated carbocycles. The van der Waals surface area contributed by atoms with Gasteiger partial charge in [0.05, 0.1) is 39.0 Å². The van der Waals surface area contributed by atoms with Crippen molar-refractivity contribution in [3.8, 4) is 5.75 Å². The molecule has 6 N–H and O–H groups in total. The zero-order chi connectivity index (χ0) is 35.9. The summed E-state index contributed by atoms with van der Waals surface area (Å²) >= 11 is 11.5. The van der Waals surface area contributed by atoms with Crippen LogP contribution in [0.2, 0.25) is 5.28 Å². The summed E-state index contributed by atoms with van der Waals surface area (Å²) in [4.78, 5) is 34.4. The van der Waals surface area contributed by atoms with Crippen LogP contribution >= 0.6 is 35.4 Å². The number of aliphatic carboxylic acids is 1. The minimum Gasteiger partial charge on any atom is -0.505 e. The molecule has 0 radical (unpaired) electrons. The largest absolute Gasteiger partial charge is 0.505 e. The van der Waals surface area contributed by atoms with E-state index in [2.05, 4.69) is 60.4 Å². The van der Waals surface area contributed by atoms with E-state index >= 15 is 0 Å². The summed E-state index contributed by atoms with van der Waals surface area (Å²) in [5, 5.41) is 54.4. The lowest BCUT2D eigenvalue weighted by Gasteiger charge is -2.15. The maximum absolute atomic E-state index is 12.4. The van der Waals surface area contributed by atoms with Crippen molar-refractivity contribution >= 4 is 111 Å². The van der Waals surface area contributed by atoms with Gasteiger partial charge in [-0.2, -0.15) is 28.5 Å². The summed E-state index contributed by atoms with van der Waals surface area (Å²) in [6.45, 7) is 0. The summed E-state index contributed by atoms with van der Waals surface area (Å²) in [5.74, 6) is -4.09. The smallest absolute Gasteiger partial charge is 0.313 e. The average Bonchev–Trinajstić information content (AvgIpc) is 3.01. The van der Waals surface area contributed by atoms with Crippen LogP contribution < -0.4 is 5.32 Å². The quantitative estimate of drug-likeness (QED) is 0.0171. The standard InChI is InChI=1S/C23H17ClN6O14S5/c24-21-26-22(28-23(27-21)46-8-17(32)33)25-14-7-13(49(38,39)40)5-11-6-16(47-43-41-35)19(20(34)18(11)14)30-29-12-3-1-10(2-4-12)15(31)9-48(37,45)44-42-36/h1-7,34-36H,8-9H2,(H,32,33)(H,38,39,40)(H,25,26,27,28). The van der Waals surface area contributed by atoms with Crippen molar-refractivity contribution in [2.75, 3.05) is 16.8 Å². The lowest BCUT2D eigenvalue weighted by molar-refractivity contribution is -0.435. The molecule has 0 spiro atoms. The van der Waals surface area contributed by atoms with Crippen LogP contribution in [-0.2, 0) is 53.6 Å². The first kappa shape index (κ1) is 38.1. The van der Waals surface area contributed by atoms with Gasteiger partial charge in [0.1, 0.15) is 11.4 Å². The van der Waals surface area contributed by atoms with Gasteiger partial charge in [-0.1, -0.05) is 21.8 Å². The molecule has 4 aromatic rings. The number of aromatic nitrogens is 3. The second-order valence-electron chi connectivity index (χ2n) is 8.87. The Labute approximate surface area is 292 Å². The Morgan fingerprint density at radius 2 is 1.73 bits per heavy atom. The highest BCUT2D eigenvalue weighted by Gasteiger charge is 2.23. The van der Waals surface area contributed by atoms with Crippen LogP contribution in [0.5, 0.6) is 5.75 Å². The van der Waals surface area contributed by atoms with Gasteiger partial charge < -0.3 is 15.5 Å². The molecule has 0 bridgehead atoms. The van der Waals surface area contributed by atoms with E-state index in [0.29, 0.717) is 23.8 Å². The predicted molar refractivity (Wildman–Crippen MR) is 173 cm³/mol. The normalized spacial score (nSPS) is 13.1. The monoisotopic (exact) mass is 796 g/mol. The van der Waals surface area contributed by atoms with Gasteiger partial charge in [0.2, 0.25) is 11.2 Å². The third kappa shape index (κ3) is 10.4. The van der Waals surface area contributed by atoms with Gasteiger partial charge in [0.25, 0.3) is 10.1 Å². The number of benzene rings is 3. The summed E-state index contributed by atoms with van der Waals surface area (Å²) in [7, 11) is -8.56. The van der Waals surface area contributed by atoms with Crippen molar-refractivity contribution < 1.29 is 66.2 Å². The molecule has 0 aliphatic rings. The van der Waals surface area contributed by atoms with E-state index in [1.807, 2.05) is 0 Å². The highest BCUT2D eigenvalue weighted by Crippen LogP contribution is 2.47. The molecule has 20 nitrogen and oxygen atoms in total. The minimum atomic E-state index is -4.85. The van der Waals surface area contributed by atoms with Gasteiger partial charge in [-0.25, -0.2) is 14.7 Å². The number of Topliss-reactive ketones (excluding diaryl/α,β-unsaturated/α-hetero) is 1. The fourth-order valence-corrected chi connectivity index (χ4v) is 6.58. The van der Waals surface area contributed by atoms with Crippen molar-refractivity contribution in [2.24, 2.45) is 10.2 Å². The molecule has 1 atom stereocenters. The number of carbonyl (C=O) groups excluding carboxylic acids is 1. The van der Waals surface area contributed by atoms with Crippen molar-refractivity contribution in [3.63, 3.8) is 0 Å². The molecule has 0 aliphatic heterocycles. The number of nitrogens with one attached hydrogen (secondary N) is 1. The molecular formula is C23H17ClN6O14S5. The van der Waals surface area contributed by atoms with Crippen LogP contribution in [0.1, 0.15) is 10.4 Å². The van der Waals surface area contributed by atoms with E-state index in [1.54, 1.807) is 0 Å². The first-order chi connectivity index (χ1) is 23.1. The summed E-state index contributed by atoms with van der Waals surface area (Å²) < 4.78 is 54.5. The number of phenols is 1. The molecule has 1 heterocycles. The molecule has 0 amide bonds. The van der Waals surface area contributed by atoms with Crippen LogP contribution in [0, 0.1) is 0 Å². The Bertz CT molecular complexity index is 2160. The fourth-order valence-electron chi connectivity index (χ4n) is 3.75. The van der Waals surface area contributed by atoms with Crippen LogP contribution in [0.15, 0.2) is 67.6 Å². The van der Waals surface area contributed by atoms with Gasteiger partial charge >= 0.3 is 5.97 Å². The lowest BCUT2D eigenvalue weighted by atomic mass is 10.1. The molecule has 0 fully saturated rings. The first-order valence-electron chi connectivity index (χ1n) is 12.4. The number of hydrogen-bond acceptors (Lipinski definition) is 21. The van der Waals surface area contributed by atoms with E-state index in [4.69, 9.17) is 27.2 Å². The Balaban J connectivity index is 1.80. The number of thioether (sulfide) groups is 1. The first-order valence-corrected chi connectivity index (χ1v) is 18.5. The number of azo groups is 1. The number of carbonyl (C=O) groups is 2. The molecule has 0 saturated heterocycles. The van der Waals surface area contributed by atoms with Crippen molar-refractivity contribution in [1.29, 1.82) is 0 Å². The van der Waals surface area contributed by atoms with Gasteiger partial charge in [-0.15, -0.1) is 13.8 Å². The zero-order valence-corrected chi connectivity index (χ0v) is 28.4. The number of phenolic OH excluding ortho intramolecular Hbond substituents is 1. The Hall–Kier alpha value is -3.70. The number of aromatic hydroxyl groups is 1. The topological polar surface area (TPSA) is 299 Å². The maximum atomic E-state index is 12.4. The predicted octanol–water partition coefficient (Wildman–Crippen LogP) is 4.66. The maximum Gasteiger partial charge on any atom is 0.313 e. The molecule has 49 heavy (non-hydrogen) atoms. The van der Waals surface area contributed by atoms with E-state index in [-0.39, 0.29) is 54.7 Å². The molecule has 1 unspecified atom stereocenters. The summed E-state index contributed by atoms with van der Waals surface area (Å²) in [5.41, 5.74) is -0.393. The van der Waals surface area contributed by atoms with Gasteiger partial charge in [0, 0.05) is 22.1 Å². The highest BCUT2D eigenvalue weighted by molar-refractivity contribution is 8.30. The lowest BCUT2D eigenvalue weighted by Crippen LogP contribution is -2.17. The van der Waals surface area contributed by atoms with E-state index in [1.165, 1.54) is 30.3 Å². The number of ketones is 1. The number of nitrogens with zero attached hydrogens (tertiary/aromatic N) is 5. The second kappa shape index (κ2) is 16.3. The molecule has 26 heteroatoms. The Morgan fingerprint density at radius 1 is 1.02 bits per heavy atom. The Morgan fingerprint density at radius 3 is 2.37 bits per heavy atom. The fraction of sp³-hybridized carbons (Fsp3) is 0.0870. The van der Waals surface area contributed by atoms with E-state index in [9.17, 15) is 31.9 Å². The van der Waals surface area contributed by atoms with E-state index < -0.39 is 52.8 Å². The number of anilines is 2. The molecule has 0 aliphatic carbocycles. The van der Waals surface area contributed by atoms with Crippen molar-refractivity contribution in [3.05, 3.63) is 53.3 Å². The van der Waals surface area contributed by atoms with Gasteiger partial charge in [0.15, 0.2) is 25.5 Å². The van der Waals surface area contributed by atoms with Crippen molar-refractivity contribution in [2.45, 2.75) is 14.9 Å². The summed E-state index contributed by atoms with van der Waals surface area (Å²) in [6, 6.07) is 8.34. The van der Waals surface area contributed by atoms with Crippen LogP contribution in [0.4, 0.5) is 23.0 Å².